The molecule has 0 aliphatic carbocycles. The highest BCUT2D eigenvalue weighted by molar-refractivity contribution is 5.84. The monoisotopic (exact) mass is 324 g/mol. The first-order chi connectivity index (χ1) is 10.8. The average molecular weight is 324 g/mol. The van der Waals surface area contributed by atoms with Gasteiger partial charge in [-0.05, 0) is 29.8 Å². The Morgan fingerprint density at radius 3 is 2.22 bits per heavy atom. The lowest BCUT2D eigenvalue weighted by molar-refractivity contribution is -0.153. The van der Waals surface area contributed by atoms with Gasteiger partial charge in [0.05, 0.1) is 0 Å². The fraction of sp³-hybridized carbons (Fsp3) is 0.188. The molecule has 2 rings (SSSR count). The van der Waals surface area contributed by atoms with Crippen LogP contribution in [0.5, 0.6) is 5.75 Å². The Morgan fingerprint density at radius 1 is 1.09 bits per heavy atom. The zero-order valence-electron chi connectivity index (χ0n) is 12.0. The van der Waals surface area contributed by atoms with E-state index in [1.54, 1.807) is 24.3 Å². The number of ether oxygens (including phenoxy) is 1. The first-order valence-corrected chi connectivity index (χ1v) is 6.75. The van der Waals surface area contributed by atoms with Crippen LogP contribution in [0.2, 0.25) is 0 Å². The Kier molecular flexibility index (Phi) is 5.10. The Balaban J connectivity index is 2.05. The highest BCUT2D eigenvalue weighted by Gasteiger charge is 2.28. The van der Waals surface area contributed by atoms with Crippen LogP contribution in [0.25, 0.3) is 0 Å². The Labute approximate surface area is 131 Å². The van der Waals surface area contributed by atoms with Gasteiger partial charge >= 0.3 is 6.18 Å². The summed E-state index contributed by atoms with van der Waals surface area (Å²) < 4.78 is 40.9. The van der Waals surface area contributed by atoms with E-state index in [0.29, 0.717) is 11.3 Å². The number of nitrogens with two attached hydrogens (primary N) is 1. The fourth-order valence-electron chi connectivity index (χ4n) is 1.94. The van der Waals surface area contributed by atoms with E-state index < -0.39 is 24.7 Å². The first-order valence-electron chi connectivity index (χ1n) is 6.75. The number of anilines is 1. The minimum absolute atomic E-state index is 0.0863. The van der Waals surface area contributed by atoms with Crippen molar-refractivity contribution in [3.05, 3.63) is 60.2 Å². The third-order valence-corrected chi connectivity index (χ3v) is 2.99. The molecule has 3 N–H and O–H groups in total. The van der Waals surface area contributed by atoms with Crippen LogP contribution in [-0.2, 0) is 4.79 Å². The Hall–Kier alpha value is -2.70. The number of carbonyl (C=O) groups is 1. The van der Waals surface area contributed by atoms with Crippen LogP contribution in [0, 0.1) is 0 Å². The molecule has 0 bridgehead atoms. The molecule has 23 heavy (non-hydrogen) atoms. The lowest BCUT2D eigenvalue weighted by Crippen LogP contribution is -2.27. The molecule has 0 spiro atoms. The molecule has 0 aliphatic heterocycles. The van der Waals surface area contributed by atoms with Gasteiger partial charge in [0.2, 0.25) is 5.91 Å². The second kappa shape index (κ2) is 7.04. The zero-order valence-corrected chi connectivity index (χ0v) is 12.0. The van der Waals surface area contributed by atoms with Crippen LogP contribution in [0.1, 0.15) is 11.6 Å². The number of halogens is 3. The van der Waals surface area contributed by atoms with Gasteiger partial charge in [-0.2, -0.15) is 13.2 Å². The Morgan fingerprint density at radius 2 is 1.70 bits per heavy atom. The second-order valence-electron chi connectivity index (χ2n) is 4.82. The van der Waals surface area contributed by atoms with E-state index in [1.807, 2.05) is 6.07 Å². The lowest BCUT2D eigenvalue weighted by atomic mass is 10.1. The van der Waals surface area contributed by atoms with Gasteiger partial charge in [0.1, 0.15) is 11.8 Å². The molecular weight excluding hydrogens is 309 g/mol. The molecule has 0 saturated carbocycles. The summed E-state index contributed by atoms with van der Waals surface area (Å²) in [4.78, 5) is 11.6. The number of rotatable bonds is 6. The summed E-state index contributed by atoms with van der Waals surface area (Å²) in [6.07, 6.45) is -4.39. The number of carbonyl (C=O) groups excluding carboxylic acids is 1. The maximum absolute atomic E-state index is 12.1. The summed E-state index contributed by atoms with van der Waals surface area (Å²) >= 11 is 0. The summed E-state index contributed by atoms with van der Waals surface area (Å²) in [5.41, 5.74) is 6.62. The largest absolute Gasteiger partial charge is 0.484 e. The molecule has 2 aromatic carbocycles. The summed E-state index contributed by atoms with van der Waals surface area (Å²) in [6.45, 7) is -1.35. The minimum Gasteiger partial charge on any atom is -0.484 e. The number of alkyl halides is 3. The molecule has 4 nitrogen and oxygen atoms in total. The van der Waals surface area contributed by atoms with E-state index in [-0.39, 0.29) is 5.75 Å². The van der Waals surface area contributed by atoms with Gasteiger partial charge in [0.15, 0.2) is 6.61 Å². The van der Waals surface area contributed by atoms with E-state index in [0.717, 1.165) is 0 Å². The van der Waals surface area contributed by atoms with Crippen LogP contribution in [-0.4, -0.2) is 18.7 Å². The van der Waals surface area contributed by atoms with E-state index in [4.69, 9.17) is 5.73 Å². The molecule has 0 fully saturated rings. The van der Waals surface area contributed by atoms with Crippen molar-refractivity contribution in [2.45, 2.75) is 12.2 Å². The van der Waals surface area contributed by atoms with Crippen LogP contribution in [0.3, 0.4) is 0 Å². The highest BCUT2D eigenvalue weighted by Crippen LogP contribution is 2.23. The number of benzene rings is 2. The third-order valence-electron chi connectivity index (χ3n) is 2.99. The van der Waals surface area contributed by atoms with Gasteiger partial charge in [-0.15, -0.1) is 0 Å². The van der Waals surface area contributed by atoms with Gasteiger partial charge < -0.3 is 15.8 Å². The smallest absolute Gasteiger partial charge is 0.422 e. The summed E-state index contributed by atoms with van der Waals surface area (Å²) in [5.74, 6) is -0.475. The quantitative estimate of drug-likeness (QED) is 0.857. The molecule has 0 heterocycles. The molecule has 0 aliphatic rings. The zero-order chi connectivity index (χ0) is 16.9. The van der Waals surface area contributed by atoms with Crippen molar-refractivity contribution in [1.29, 1.82) is 0 Å². The van der Waals surface area contributed by atoms with Crippen molar-refractivity contribution in [1.82, 2.24) is 0 Å². The minimum atomic E-state index is -4.39. The average Bonchev–Trinajstić information content (AvgIpc) is 2.51. The maximum Gasteiger partial charge on any atom is 0.422 e. The van der Waals surface area contributed by atoms with Crippen molar-refractivity contribution in [2.24, 2.45) is 5.73 Å². The normalized spacial score (nSPS) is 12.5. The molecular formula is C16H15F3N2O2. The number of nitrogens with one attached hydrogen (secondary N) is 1. The molecule has 7 heteroatoms. The van der Waals surface area contributed by atoms with Crippen molar-refractivity contribution in [3.63, 3.8) is 0 Å². The lowest BCUT2D eigenvalue weighted by Gasteiger charge is -2.17. The van der Waals surface area contributed by atoms with Gasteiger partial charge in [-0.1, -0.05) is 30.3 Å². The van der Waals surface area contributed by atoms with Crippen molar-refractivity contribution in [3.8, 4) is 5.75 Å². The topological polar surface area (TPSA) is 64.4 Å². The third kappa shape index (κ3) is 5.21. The molecule has 0 unspecified atom stereocenters. The summed E-state index contributed by atoms with van der Waals surface area (Å²) in [5, 5.41) is 2.94. The molecule has 122 valence electrons. The molecule has 2 aromatic rings. The van der Waals surface area contributed by atoms with Crippen molar-refractivity contribution < 1.29 is 22.7 Å². The molecule has 0 saturated heterocycles. The molecule has 0 radical (unpaired) electrons. The van der Waals surface area contributed by atoms with Gasteiger partial charge in [0.25, 0.3) is 0 Å². The van der Waals surface area contributed by atoms with Gasteiger partial charge in [0, 0.05) is 5.69 Å². The van der Waals surface area contributed by atoms with Gasteiger partial charge in [-0.25, -0.2) is 0 Å². The molecule has 0 aromatic heterocycles. The number of hydrogen-bond acceptors (Lipinski definition) is 3. The summed E-state index contributed by atoms with van der Waals surface area (Å²) in [6, 6.07) is 13.9. The van der Waals surface area contributed by atoms with Crippen LogP contribution < -0.4 is 15.8 Å². The van der Waals surface area contributed by atoms with Crippen LogP contribution in [0.15, 0.2) is 54.6 Å². The van der Waals surface area contributed by atoms with Gasteiger partial charge in [-0.3, -0.25) is 4.79 Å². The maximum atomic E-state index is 12.1. The highest BCUT2D eigenvalue weighted by atomic mass is 19.4. The van der Waals surface area contributed by atoms with Crippen LogP contribution >= 0.6 is 0 Å². The second-order valence-corrected chi connectivity index (χ2v) is 4.82. The van der Waals surface area contributed by atoms with E-state index in [2.05, 4.69) is 10.1 Å². The van der Waals surface area contributed by atoms with E-state index in [9.17, 15) is 18.0 Å². The predicted octanol–water partition coefficient (Wildman–Crippen LogP) is 3.27. The Bertz CT molecular complexity index is 643. The first kappa shape index (κ1) is 16.7. The molecule has 1 atom stereocenters. The SMILES string of the molecule is NC(=O)[C@H](Nc1ccc(OCC(F)(F)F)cc1)c1ccccc1. The standard InChI is InChI=1S/C16H15F3N2O2/c17-16(18,19)10-23-13-8-6-12(7-9-13)21-14(15(20)22)11-4-2-1-3-5-11/h1-9,14,21H,10H2,(H2,20,22)/t14-/m1/s1. The van der Waals surface area contributed by atoms with Crippen molar-refractivity contribution in [2.75, 3.05) is 11.9 Å². The van der Waals surface area contributed by atoms with Crippen molar-refractivity contribution >= 4 is 11.6 Å². The number of primary amides is 1. The number of hydrogen-bond donors (Lipinski definition) is 2. The fourth-order valence-corrected chi connectivity index (χ4v) is 1.94. The van der Waals surface area contributed by atoms with E-state index >= 15 is 0 Å². The predicted molar refractivity (Wildman–Crippen MR) is 80.0 cm³/mol. The van der Waals surface area contributed by atoms with Crippen LogP contribution in [0.4, 0.5) is 18.9 Å². The van der Waals surface area contributed by atoms with E-state index in [1.165, 1.54) is 24.3 Å². The number of amides is 1. The molecule has 1 amide bonds. The summed E-state index contributed by atoms with van der Waals surface area (Å²) in [7, 11) is 0.